The maximum absolute atomic E-state index is 6.39. The summed E-state index contributed by atoms with van der Waals surface area (Å²) >= 11 is 0. The third-order valence-corrected chi connectivity index (χ3v) is 4.02. The first-order valence-corrected chi connectivity index (χ1v) is 6.70. The lowest BCUT2D eigenvalue weighted by Gasteiger charge is -2.33. The van der Waals surface area contributed by atoms with Crippen LogP contribution in [0, 0.1) is 11.8 Å². The molecule has 2 aliphatic rings. The molecule has 2 unspecified atom stereocenters. The molecule has 0 aliphatic heterocycles. The van der Waals surface area contributed by atoms with Crippen LogP contribution in [0.3, 0.4) is 0 Å². The lowest BCUT2D eigenvalue weighted by Crippen LogP contribution is -2.44. The normalized spacial score (nSPS) is 27.6. The molecule has 0 heterocycles. The first kappa shape index (κ1) is 11.4. The Kier molecular flexibility index (Phi) is 4.04. The van der Waals surface area contributed by atoms with E-state index in [-0.39, 0.29) is 0 Å². The van der Waals surface area contributed by atoms with E-state index in [9.17, 15) is 0 Å². The van der Waals surface area contributed by atoms with Crippen LogP contribution in [0.2, 0.25) is 0 Å². The Morgan fingerprint density at radius 1 is 1.07 bits per heavy atom. The van der Waals surface area contributed by atoms with Crippen LogP contribution in [-0.4, -0.2) is 18.8 Å². The van der Waals surface area contributed by atoms with Gasteiger partial charge in [-0.05, 0) is 44.4 Å². The average Bonchev–Trinajstić information content (AvgIpc) is 3.10. The van der Waals surface area contributed by atoms with E-state index < -0.39 is 0 Å². The minimum absolute atomic E-state index is 0.303. The van der Waals surface area contributed by atoms with Gasteiger partial charge in [0.1, 0.15) is 0 Å². The molecule has 0 saturated heterocycles. The van der Waals surface area contributed by atoms with Crippen molar-refractivity contribution in [2.75, 3.05) is 6.61 Å². The monoisotopic (exact) mass is 211 g/mol. The number of rotatable bonds is 5. The fraction of sp³-hybridized carbons (Fsp3) is 1.00. The van der Waals surface area contributed by atoms with Crippen LogP contribution in [0.25, 0.3) is 0 Å². The van der Waals surface area contributed by atoms with Gasteiger partial charge >= 0.3 is 0 Å². The number of nitrogens with two attached hydrogens (primary N) is 1. The fourth-order valence-electron chi connectivity index (χ4n) is 2.97. The lowest BCUT2D eigenvalue weighted by molar-refractivity contribution is 0.00926. The van der Waals surface area contributed by atoms with E-state index in [1.54, 1.807) is 0 Å². The van der Waals surface area contributed by atoms with Gasteiger partial charge in [0.05, 0.1) is 6.10 Å². The molecule has 0 bridgehead atoms. The van der Waals surface area contributed by atoms with Crippen LogP contribution < -0.4 is 5.73 Å². The van der Waals surface area contributed by atoms with E-state index in [4.69, 9.17) is 10.5 Å². The second kappa shape index (κ2) is 5.31. The third-order valence-electron chi connectivity index (χ3n) is 4.02. The zero-order valence-electron chi connectivity index (χ0n) is 9.95. The summed E-state index contributed by atoms with van der Waals surface area (Å²) in [5, 5.41) is 0. The van der Waals surface area contributed by atoms with E-state index in [1.807, 2.05) is 0 Å². The molecule has 2 rings (SSSR count). The minimum atomic E-state index is 0.303. The number of ether oxygens (including phenoxy) is 1. The fourth-order valence-corrected chi connectivity index (χ4v) is 2.97. The molecule has 2 heteroatoms. The average molecular weight is 211 g/mol. The molecule has 0 amide bonds. The Morgan fingerprint density at radius 3 is 2.27 bits per heavy atom. The molecule has 2 nitrogen and oxygen atoms in total. The van der Waals surface area contributed by atoms with Crippen molar-refractivity contribution in [1.82, 2.24) is 0 Å². The van der Waals surface area contributed by atoms with Gasteiger partial charge in [-0.25, -0.2) is 0 Å². The van der Waals surface area contributed by atoms with Crippen molar-refractivity contribution in [3.63, 3.8) is 0 Å². The second-order valence-corrected chi connectivity index (χ2v) is 5.23. The highest BCUT2D eigenvalue weighted by molar-refractivity contribution is 4.92. The van der Waals surface area contributed by atoms with Crippen LogP contribution in [0.4, 0.5) is 0 Å². The molecule has 0 aromatic rings. The highest BCUT2D eigenvalue weighted by Crippen LogP contribution is 2.39. The first-order chi connectivity index (χ1) is 7.33. The van der Waals surface area contributed by atoms with E-state index in [0.29, 0.717) is 12.1 Å². The Bertz CT molecular complexity index is 185. The molecule has 2 aliphatic carbocycles. The van der Waals surface area contributed by atoms with Crippen LogP contribution in [-0.2, 0) is 4.74 Å². The third kappa shape index (κ3) is 2.94. The smallest absolute Gasteiger partial charge is 0.0756 e. The summed E-state index contributed by atoms with van der Waals surface area (Å²) in [5.41, 5.74) is 6.39. The van der Waals surface area contributed by atoms with Gasteiger partial charge in [0.2, 0.25) is 0 Å². The maximum Gasteiger partial charge on any atom is 0.0756 e. The Balaban J connectivity index is 1.87. The Morgan fingerprint density at radius 2 is 1.73 bits per heavy atom. The second-order valence-electron chi connectivity index (χ2n) is 5.23. The molecule has 0 aromatic heterocycles. The van der Waals surface area contributed by atoms with Gasteiger partial charge in [-0.1, -0.05) is 19.3 Å². The lowest BCUT2D eigenvalue weighted by atomic mass is 9.81. The van der Waals surface area contributed by atoms with Crippen molar-refractivity contribution in [3.8, 4) is 0 Å². The van der Waals surface area contributed by atoms with Crippen molar-refractivity contribution in [3.05, 3.63) is 0 Å². The molecule has 0 radical (unpaired) electrons. The molecule has 2 N–H and O–H groups in total. The van der Waals surface area contributed by atoms with Crippen molar-refractivity contribution in [2.45, 2.75) is 64.0 Å². The highest BCUT2D eigenvalue weighted by atomic mass is 16.5. The van der Waals surface area contributed by atoms with Crippen LogP contribution in [0.5, 0.6) is 0 Å². The van der Waals surface area contributed by atoms with Gasteiger partial charge in [-0.3, -0.25) is 0 Å². The van der Waals surface area contributed by atoms with Crippen molar-refractivity contribution < 1.29 is 4.74 Å². The van der Waals surface area contributed by atoms with Gasteiger partial charge in [-0.2, -0.15) is 0 Å². The summed E-state index contributed by atoms with van der Waals surface area (Å²) in [4.78, 5) is 0. The summed E-state index contributed by atoms with van der Waals surface area (Å²) in [6.07, 6.45) is 9.86. The van der Waals surface area contributed by atoms with Crippen LogP contribution in [0.1, 0.15) is 51.9 Å². The molecule has 2 saturated carbocycles. The molecule has 2 fully saturated rings. The molecule has 0 aromatic carbocycles. The summed E-state index contributed by atoms with van der Waals surface area (Å²) in [6.45, 7) is 2.91. The topological polar surface area (TPSA) is 35.2 Å². The molecule has 2 atom stereocenters. The van der Waals surface area contributed by atoms with Crippen molar-refractivity contribution >= 4 is 0 Å². The highest BCUT2D eigenvalue weighted by Gasteiger charge is 2.38. The number of hydrogen-bond acceptors (Lipinski definition) is 2. The van der Waals surface area contributed by atoms with E-state index in [0.717, 1.165) is 18.4 Å². The summed E-state index contributed by atoms with van der Waals surface area (Å²) in [7, 11) is 0. The zero-order valence-corrected chi connectivity index (χ0v) is 9.95. The maximum atomic E-state index is 6.39. The molecule has 15 heavy (non-hydrogen) atoms. The van der Waals surface area contributed by atoms with Crippen LogP contribution >= 0.6 is 0 Å². The Hall–Kier alpha value is -0.0800. The predicted octanol–water partition coefficient (Wildman–Crippen LogP) is 2.71. The van der Waals surface area contributed by atoms with Crippen molar-refractivity contribution in [2.24, 2.45) is 17.6 Å². The quantitative estimate of drug-likeness (QED) is 0.759. The first-order valence-electron chi connectivity index (χ1n) is 6.70. The summed E-state index contributed by atoms with van der Waals surface area (Å²) in [6, 6.07) is 0.303. The summed E-state index contributed by atoms with van der Waals surface area (Å²) < 4.78 is 5.86. The van der Waals surface area contributed by atoms with E-state index >= 15 is 0 Å². The molecular formula is C13H25NO. The van der Waals surface area contributed by atoms with Crippen LogP contribution in [0.15, 0.2) is 0 Å². The van der Waals surface area contributed by atoms with E-state index in [2.05, 4.69) is 6.92 Å². The van der Waals surface area contributed by atoms with Gasteiger partial charge in [0.25, 0.3) is 0 Å². The predicted molar refractivity (Wildman–Crippen MR) is 62.7 cm³/mol. The minimum Gasteiger partial charge on any atom is -0.377 e. The van der Waals surface area contributed by atoms with Gasteiger partial charge in [0, 0.05) is 12.6 Å². The zero-order chi connectivity index (χ0) is 10.7. The van der Waals surface area contributed by atoms with Gasteiger partial charge in [0.15, 0.2) is 0 Å². The largest absolute Gasteiger partial charge is 0.377 e. The molecule has 0 spiro atoms. The Labute approximate surface area is 93.6 Å². The van der Waals surface area contributed by atoms with E-state index in [1.165, 1.54) is 44.9 Å². The number of hydrogen-bond donors (Lipinski definition) is 1. The molecular weight excluding hydrogens is 186 g/mol. The van der Waals surface area contributed by atoms with Crippen molar-refractivity contribution in [1.29, 1.82) is 0 Å². The standard InChI is InChI=1S/C13H25NO/c1-2-15-13(11-8-9-11)12(14)10-6-4-3-5-7-10/h10-13H,2-9,14H2,1H3. The van der Waals surface area contributed by atoms with Gasteiger partial charge < -0.3 is 10.5 Å². The van der Waals surface area contributed by atoms with Gasteiger partial charge in [-0.15, -0.1) is 0 Å². The SMILES string of the molecule is CCOC(C1CC1)C(N)C1CCCCC1. The molecule has 88 valence electrons. The summed E-state index contributed by atoms with van der Waals surface area (Å²) in [5.74, 6) is 1.51.